The summed E-state index contributed by atoms with van der Waals surface area (Å²) in [6.07, 6.45) is 5.19. The summed E-state index contributed by atoms with van der Waals surface area (Å²) in [5.41, 5.74) is 2.49. The van der Waals surface area contributed by atoms with Crippen LogP contribution in [-0.4, -0.2) is 36.2 Å². The second-order valence-electron chi connectivity index (χ2n) is 6.67. The summed E-state index contributed by atoms with van der Waals surface area (Å²) >= 11 is 0. The number of aliphatic hydroxyl groups is 1. The zero-order valence-corrected chi connectivity index (χ0v) is 13.4. The van der Waals surface area contributed by atoms with Gasteiger partial charge >= 0.3 is 0 Å². The molecule has 0 saturated carbocycles. The van der Waals surface area contributed by atoms with Crippen molar-refractivity contribution < 1.29 is 9.84 Å². The molecule has 19 heavy (non-hydrogen) atoms. The molecule has 0 bridgehead atoms. The number of nitrogens with zero attached hydrogens (tertiary/aromatic N) is 2. The summed E-state index contributed by atoms with van der Waals surface area (Å²) in [5.74, 6) is 0.277. The molecule has 1 unspecified atom stereocenters. The lowest BCUT2D eigenvalue weighted by Crippen LogP contribution is -2.22. The number of aliphatic hydroxyl groups excluding tert-OH is 1. The van der Waals surface area contributed by atoms with Crippen molar-refractivity contribution in [3.05, 3.63) is 17.5 Å². The standard InChI is InChI=1S/C14H26N2O2Si/c1-19(2,3)8-7-18-11-16-14-6-4-5-12(10-17)13(14)9-15-16/h9,12,17H,4-8,10-11H2,1-3H3. The Morgan fingerprint density at radius 2 is 2.26 bits per heavy atom. The van der Waals surface area contributed by atoms with Gasteiger partial charge in [-0.05, 0) is 30.9 Å². The summed E-state index contributed by atoms with van der Waals surface area (Å²) < 4.78 is 7.74. The monoisotopic (exact) mass is 282 g/mol. The maximum Gasteiger partial charge on any atom is 0.139 e. The van der Waals surface area contributed by atoms with Gasteiger partial charge in [-0.15, -0.1) is 0 Å². The predicted octanol–water partition coefficient (Wildman–Crippen LogP) is 2.61. The third-order valence-corrected chi connectivity index (χ3v) is 5.52. The minimum atomic E-state index is -1.01. The van der Waals surface area contributed by atoms with Gasteiger partial charge in [0.1, 0.15) is 6.73 Å². The molecule has 1 aromatic heterocycles. The van der Waals surface area contributed by atoms with Crippen molar-refractivity contribution in [1.82, 2.24) is 9.78 Å². The van der Waals surface area contributed by atoms with E-state index in [9.17, 15) is 5.11 Å². The van der Waals surface area contributed by atoms with E-state index >= 15 is 0 Å². The number of fused-ring (bicyclic) bond motifs is 1. The molecule has 1 aliphatic carbocycles. The maximum absolute atomic E-state index is 9.39. The fourth-order valence-electron chi connectivity index (χ4n) is 2.54. The predicted molar refractivity (Wildman–Crippen MR) is 79.1 cm³/mol. The van der Waals surface area contributed by atoms with E-state index in [1.54, 1.807) is 0 Å². The lowest BCUT2D eigenvalue weighted by Gasteiger charge is -2.21. The first-order valence-electron chi connectivity index (χ1n) is 7.24. The normalized spacial score (nSPS) is 19.5. The molecule has 1 N–H and O–H groups in total. The van der Waals surface area contributed by atoms with Gasteiger partial charge in [-0.3, -0.25) is 0 Å². The second-order valence-corrected chi connectivity index (χ2v) is 12.3. The highest BCUT2D eigenvalue weighted by Gasteiger charge is 2.23. The Morgan fingerprint density at radius 1 is 1.47 bits per heavy atom. The SMILES string of the molecule is C[Si](C)(C)CCOCn1ncc2c1CCCC2CO. The molecule has 1 atom stereocenters. The van der Waals surface area contributed by atoms with Crippen LogP contribution in [0.15, 0.2) is 6.20 Å². The lowest BCUT2D eigenvalue weighted by molar-refractivity contribution is 0.0759. The van der Waals surface area contributed by atoms with Gasteiger partial charge in [0.15, 0.2) is 0 Å². The third kappa shape index (κ3) is 3.90. The van der Waals surface area contributed by atoms with Gasteiger partial charge in [-0.2, -0.15) is 5.10 Å². The van der Waals surface area contributed by atoms with E-state index in [1.165, 1.54) is 17.3 Å². The van der Waals surface area contributed by atoms with Gasteiger partial charge in [0.05, 0.1) is 12.8 Å². The van der Waals surface area contributed by atoms with Crippen molar-refractivity contribution in [2.45, 2.75) is 57.6 Å². The molecule has 1 aliphatic rings. The highest BCUT2D eigenvalue weighted by molar-refractivity contribution is 6.76. The van der Waals surface area contributed by atoms with Crippen LogP contribution in [0.5, 0.6) is 0 Å². The zero-order valence-electron chi connectivity index (χ0n) is 12.4. The Morgan fingerprint density at radius 3 is 2.95 bits per heavy atom. The highest BCUT2D eigenvalue weighted by Crippen LogP contribution is 2.30. The van der Waals surface area contributed by atoms with Crippen LogP contribution in [0.2, 0.25) is 25.7 Å². The van der Waals surface area contributed by atoms with Gasteiger partial charge in [-0.25, -0.2) is 4.68 Å². The van der Waals surface area contributed by atoms with E-state index in [0.29, 0.717) is 6.73 Å². The Kier molecular flexibility index (Phi) is 4.81. The highest BCUT2D eigenvalue weighted by atomic mass is 28.3. The van der Waals surface area contributed by atoms with E-state index in [1.807, 2.05) is 10.9 Å². The first kappa shape index (κ1) is 14.7. The van der Waals surface area contributed by atoms with Crippen LogP contribution in [0.4, 0.5) is 0 Å². The largest absolute Gasteiger partial charge is 0.396 e. The van der Waals surface area contributed by atoms with Crippen molar-refractivity contribution >= 4 is 8.07 Å². The molecule has 1 heterocycles. The topological polar surface area (TPSA) is 47.3 Å². The molecule has 0 fully saturated rings. The Hall–Kier alpha value is -0.653. The Bertz CT molecular complexity index is 412. The molecule has 2 rings (SSSR count). The molecule has 4 nitrogen and oxygen atoms in total. The number of rotatable bonds is 6. The molecule has 0 spiro atoms. The summed E-state index contributed by atoms with van der Waals surface area (Å²) in [7, 11) is -1.01. The Labute approximate surface area is 116 Å². The Balaban J connectivity index is 1.90. The minimum absolute atomic E-state index is 0.231. The van der Waals surface area contributed by atoms with Crippen molar-refractivity contribution in [2.75, 3.05) is 13.2 Å². The second kappa shape index (κ2) is 6.20. The molecule has 5 heteroatoms. The lowest BCUT2D eigenvalue weighted by atomic mass is 9.88. The first-order chi connectivity index (χ1) is 9.01. The number of hydrogen-bond donors (Lipinski definition) is 1. The van der Waals surface area contributed by atoms with Gasteiger partial charge in [0.2, 0.25) is 0 Å². The van der Waals surface area contributed by atoms with E-state index in [4.69, 9.17) is 4.74 Å². The van der Waals surface area contributed by atoms with Crippen LogP contribution in [0, 0.1) is 0 Å². The summed E-state index contributed by atoms with van der Waals surface area (Å²) in [6, 6.07) is 1.19. The average molecular weight is 282 g/mol. The van der Waals surface area contributed by atoms with Crippen molar-refractivity contribution in [3.63, 3.8) is 0 Å². The molecule has 0 aromatic carbocycles. The van der Waals surface area contributed by atoms with Gasteiger partial charge in [0, 0.05) is 26.3 Å². The summed E-state index contributed by atoms with van der Waals surface area (Å²) in [4.78, 5) is 0. The third-order valence-electron chi connectivity index (χ3n) is 3.82. The van der Waals surface area contributed by atoms with Gasteiger partial charge in [0.25, 0.3) is 0 Å². The fraction of sp³-hybridized carbons (Fsp3) is 0.786. The molecule has 0 saturated heterocycles. The number of hydrogen-bond acceptors (Lipinski definition) is 3. The minimum Gasteiger partial charge on any atom is -0.396 e. The van der Waals surface area contributed by atoms with Gasteiger partial charge < -0.3 is 9.84 Å². The summed E-state index contributed by atoms with van der Waals surface area (Å²) in [6.45, 7) is 8.69. The smallest absolute Gasteiger partial charge is 0.139 e. The van der Waals surface area contributed by atoms with Crippen LogP contribution in [0.3, 0.4) is 0 Å². The quantitative estimate of drug-likeness (QED) is 0.644. The van der Waals surface area contributed by atoms with E-state index in [0.717, 1.165) is 25.9 Å². The average Bonchev–Trinajstić information content (AvgIpc) is 2.76. The molecular weight excluding hydrogens is 256 g/mol. The van der Waals surface area contributed by atoms with Crippen LogP contribution >= 0.6 is 0 Å². The van der Waals surface area contributed by atoms with Crippen molar-refractivity contribution in [3.8, 4) is 0 Å². The fourth-order valence-corrected chi connectivity index (χ4v) is 3.30. The molecule has 108 valence electrons. The van der Waals surface area contributed by atoms with Crippen LogP contribution in [0.25, 0.3) is 0 Å². The van der Waals surface area contributed by atoms with Crippen LogP contribution in [-0.2, 0) is 17.9 Å². The van der Waals surface area contributed by atoms with E-state index < -0.39 is 8.07 Å². The molecule has 1 aromatic rings. The van der Waals surface area contributed by atoms with E-state index in [-0.39, 0.29) is 12.5 Å². The zero-order chi connectivity index (χ0) is 13.9. The summed E-state index contributed by atoms with van der Waals surface area (Å²) in [5, 5.41) is 13.8. The molecule has 0 radical (unpaired) electrons. The van der Waals surface area contributed by atoms with Crippen molar-refractivity contribution in [1.29, 1.82) is 0 Å². The first-order valence-corrected chi connectivity index (χ1v) is 10.9. The molecule has 0 aliphatic heterocycles. The molecular formula is C14H26N2O2Si. The number of ether oxygens (including phenoxy) is 1. The van der Waals surface area contributed by atoms with Gasteiger partial charge in [-0.1, -0.05) is 19.6 Å². The number of aromatic nitrogens is 2. The van der Waals surface area contributed by atoms with Crippen LogP contribution in [0.1, 0.15) is 30.0 Å². The van der Waals surface area contributed by atoms with Crippen molar-refractivity contribution in [2.24, 2.45) is 0 Å². The van der Waals surface area contributed by atoms with Crippen LogP contribution < -0.4 is 0 Å². The maximum atomic E-state index is 9.39. The molecule has 0 amide bonds. The van der Waals surface area contributed by atoms with E-state index in [2.05, 4.69) is 24.7 Å².